The van der Waals surface area contributed by atoms with Gasteiger partial charge in [0.15, 0.2) is 0 Å². The van der Waals surface area contributed by atoms with Gasteiger partial charge in [-0.25, -0.2) is 0 Å². The van der Waals surface area contributed by atoms with Crippen molar-refractivity contribution >= 4 is 11.1 Å². The summed E-state index contributed by atoms with van der Waals surface area (Å²) in [6, 6.07) is 121. The van der Waals surface area contributed by atoms with Gasteiger partial charge in [-0.1, -0.05) is 328 Å². The first-order valence-electron chi connectivity index (χ1n) is 32.6. The van der Waals surface area contributed by atoms with E-state index in [2.05, 4.69) is 348 Å². The van der Waals surface area contributed by atoms with Gasteiger partial charge >= 0.3 is 0 Å². The van der Waals surface area contributed by atoms with E-state index >= 15 is 0 Å². The standard InChI is InChI=1S/C61H42.C32H24/c1-38-49-19-10-12-21-56(49)61-50(38)22-13-23-53(61)44-26-25-43-34-47-32-40(24-29-52(47)60(43)36-44)33-58(45-28-31-55-54-20-11-9-18-48(54)39(2)57(55)35-45)46-27-30-51(41-14-5-3-6-15-41)59(37-46)42-16-7-4-8-17-42;1-23-19-21-24(22-20-23)27-16-10-18-30-31(27)28-15-8-9-17-29(28)32(30,25-11-4-2-5-12-25)26-13-6-3-7-14-26/h3-32,35-37,58H,1-2,33-34H2;2-22H,1H3. The molecule has 0 heteroatoms. The van der Waals surface area contributed by atoms with Crippen LogP contribution in [0.1, 0.15) is 83.8 Å². The third-order valence-corrected chi connectivity index (χ3v) is 20.4. The molecule has 0 fully saturated rings. The molecule has 4 aliphatic carbocycles. The van der Waals surface area contributed by atoms with Crippen molar-refractivity contribution in [3.05, 3.63) is 419 Å². The van der Waals surface area contributed by atoms with Gasteiger partial charge in [-0.2, -0.15) is 0 Å². The summed E-state index contributed by atoms with van der Waals surface area (Å²) in [5.41, 5.74) is 40.7. The Hall–Kier alpha value is -11.4. The summed E-state index contributed by atoms with van der Waals surface area (Å²) in [5.74, 6) is 0.125. The molecule has 0 heterocycles. The first-order valence-corrected chi connectivity index (χ1v) is 32.6. The molecule has 4 aliphatic rings. The summed E-state index contributed by atoms with van der Waals surface area (Å²) < 4.78 is 0. The van der Waals surface area contributed by atoms with Gasteiger partial charge < -0.3 is 0 Å². The zero-order chi connectivity index (χ0) is 62.2. The molecule has 0 bridgehead atoms. The lowest BCUT2D eigenvalue weighted by Crippen LogP contribution is -2.28. The van der Waals surface area contributed by atoms with Gasteiger partial charge in [0.05, 0.1) is 5.41 Å². The molecular formula is C93H66. The van der Waals surface area contributed by atoms with E-state index in [1.165, 1.54) is 167 Å². The molecule has 0 aromatic heterocycles. The molecule has 1 unspecified atom stereocenters. The van der Waals surface area contributed by atoms with Gasteiger partial charge in [0.25, 0.3) is 0 Å². The largest absolute Gasteiger partial charge is 0.0905 e. The normalized spacial score (nSPS) is 13.3. The number of hydrogen-bond donors (Lipinski definition) is 0. The second kappa shape index (κ2) is 22.8. The van der Waals surface area contributed by atoms with E-state index in [0.717, 1.165) is 24.0 Å². The maximum absolute atomic E-state index is 4.60. The van der Waals surface area contributed by atoms with E-state index in [-0.39, 0.29) is 11.3 Å². The maximum Gasteiger partial charge on any atom is 0.0713 e. The third kappa shape index (κ3) is 9.27. The van der Waals surface area contributed by atoms with Crippen LogP contribution in [0.25, 0.3) is 100 Å². The lowest BCUT2D eigenvalue weighted by atomic mass is 9.67. The smallest absolute Gasteiger partial charge is 0.0713 e. The van der Waals surface area contributed by atoms with Crippen LogP contribution in [0.2, 0.25) is 0 Å². The Morgan fingerprint density at radius 1 is 0.290 bits per heavy atom. The van der Waals surface area contributed by atoms with E-state index < -0.39 is 0 Å². The Bertz CT molecular complexity index is 5240. The number of fused-ring (bicyclic) bond motifs is 12. The first-order chi connectivity index (χ1) is 45.9. The molecule has 0 radical (unpaired) electrons. The highest BCUT2D eigenvalue weighted by Gasteiger charge is 2.47. The number of benzene rings is 14. The fourth-order valence-corrected chi connectivity index (χ4v) is 16.0. The Labute approximate surface area is 546 Å². The van der Waals surface area contributed by atoms with Crippen LogP contribution in [0.15, 0.2) is 341 Å². The SMILES string of the molecule is C=C1c2ccccc2-c2ccc(C(Cc3ccc4c(c3)Cc3ccc(-c5cccc6c5-c5ccccc5C6=C)cc3-4)c3ccc(-c4ccccc4)c(-c4ccccc4)c3)cc21.Cc1ccc(-c2cccc3c2-c2ccccc2C3(c2ccccc2)c2ccccc2)cc1. The monoisotopic (exact) mass is 1180 g/mol. The molecule has 438 valence electrons. The average molecular weight is 1180 g/mol. The predicted octanol–water partition coefficient (Wildman–Crippen LogP) is 23.7. The number of rotatable bonds is 10. The summed E-state index contributed by atoms with van der Waals surface area (Å²) in [4.78, 5) is 0. The first kappa shape index (κ1) is 55.6. The Balaban J connectivity index is 0.000000173. The minimum atomic E-state index is -0.338. The Morgan fingerprint density at radius 2 is 0.763 bits per heavy atom. The topological polar surface area (TPSA) is 0 Å². The van der Waals surface area contributed by atoms with Crippen molar-refractivity contribution in [2.24, 2.45) is 0 Å². The van der Waals surface area contributed by atoms with Crippen LogP contribution in [-0.4, -0.2) is 0 Å². The molecule has 14 aromatic rings. The second-order valence-electron chi connectivity index (χ2n) is 25.5. The quantitative estimate of drug-likeness (QED) is 0.128. The molecule has 0 amide bonds. The lowest BCUT2D eigenvalue weighted by molar-refractivity contribution is 0.768. The van der Waals surface area contributed by atoms with Crippen LogP contribution in [0, 0.1) is 6.92 Å². The maximum atomic E-state index is 4.60. The summed E-state index contributed by atoms with van der Waals surface area (Å²) in [6.45, 7) is 11.2. The minimum Gasteiger partial charge on any atom is -0.0905 e. The molecule has 0 nitrogen and oxygen atoms in total. The van der Waals surface area contributed by atoms with Crippen molar-refractivity contribution in [2.45, 2.75) is 31.1 Å². The van der Waals surface area contributed by atoms with Crippen LogP contribution in [0.3, 0.4) is 0 Å². The van der Waals surface area contributed by atoms with Gasteiger partial charge in [-0.15, -0.1) is 0 Å². The highest BCUT2D eigenvalue weighted by molar-refractivity contribution is 6.06. The Morgan fingerprint density at radius 3 is 1.45 bits per heavy atom. The summed E-state index contributed by atoms with van der Waals surface area (Å²) in [5, 5.41) is 0. The van der Waals surface area contributed by atoms with Crippen molar-refractivity contribution in [3.8, 4) is 89.0 Å². The molecule has 14 aromatic carbocycles. The summed E-state index contributed by atoms with van der Waals surface area (Å²) in [7, 11) is 0. The Kier molecular flexibility index (Phi) is 13.6. The highest BCUT2D eigenvalue weighted by atomic mass is 14.5. The van der Waals surface area contributed by atoms with Gasteiger partial charge in [0.1, 0.15) is 0 Å². The van der Waals surface area contributed by atoms with Gasteiger partial charge in [-0.3, -0.25) is 0 Å². The van der Waals surface area contributed by atoms with Crippen molar-refractivity contribution in [3.63, 3.8) is 0 Å². The fourth-order valence-electron chi connectivity index (χ4n) is 16.0. The molecule has 0 N–H and O–H groups in total. The molecule has 18 rings (SSSR count). The van der Waals surface area contributed by atoms with E-state index in [0.29, 0.717) is 0 Å². The predicted molar refractivity (Wildman–Crippen MR) is 390 cm³/mol. The number of aryl methyl sites for hydroxylation is 1. The molecule has 0 saturated heterocycles. The van der Waals surface area contributed by atoms with Gasteiger partial charge in [-0.05, 0) is 210 Å². The van der Waals surface area contributed by atoms with Crippen LogP contribution < -0.4 is 0 Å². The average Bonchev–Trinajstić information content (AvgIpc) is 1.55. The van der Waals surface area contributed by atoms with Crippen LogP contribution in [0.4, 0.5) is 0 Å². The molecule has 93 heavy (non-hydrogen) atoms. The van der Waals surface area contributed by atoms with E-state index in [4.69, 9.17) is 0 Å². The zero-order valence-corrected chi connectivity index (χ0v) is 52.1. The molecule has 1 atom stereocenters. The third-order valence-electron chi connectivity index (χ3n) is 20.4. The molecule has 0 aliphatic heterocycles. The van der Waals surface area contributed by atoms with Gasteiger partial charge in [0, 0.05) is 5.92 Å². The van der Waals surface area contributed by atoms with Crippen molar-refractivity contribution < 1.29 is 0 Å². The van der Waals surface area contributed by atoms with Gasteiger partial charge in [0.2, 0.25) is 0 Å². The van der Waals surface area contributed by atoms with Crippen molar-refractivity contribution in [1.82, 2.24) is 0 Å². The lowest BCUT2D eigenvalue weighted by Gasteiger charge is -2.34. The highest BCUT2D eigenvalue weighted by Crippen LogP contribution is 2.59. The second-order valence-corrected chi connectivity index (χ2v) is 25.5. The van der Waals surface area contributed by atoms with E-state index in [9.17, 15) is 0 Å². The van der Waals surface area contributed by atoms with Crippen LogP contribution in [-0.2, 0) is 18.3 Å². The fraction of sp³-hybridized carbons (Fsp3) is 0.0538. The van der Waals surface area contributed by atoms with Crippen LogP contribution in [0.5, 0.6) is 0 Å². The molecule has 0 saturated carbocycles. The number of hydrogen-bond acceptors (Lipinski definition) is 0. The van der Waals surface area contributed by atoms with Crippen molar-refractivity contribution in [1.29, 1.82) is 0 Å². The summed E-state index contributed by atoms with van der Waals surface area (Å²) in [6.07, 6.45) is 1.82. The van der Waals surface area contributed by atoms with Crippen LogP contribution >= 0.6 is 0 Å². The van der Waals surface area contributed by atoms with E-state index in [1.54, 1.807) is 0 Å². The summed E-state index contributed by atoms with van der Waals surface area (Å²) >= 11 is 0. The zero-order valence-electron chi connectivity index (χ0n) is 52.1. The minimum absolute atomic E-state index is 0.125. The molecular weight excluding hydrogens is 1120 g/mol. The molecule has 0 spiro atoms. The van der Waals surface area contributed by atoms with Crippen molar-refractivity contribution in [2.75, 3.05) is 0 Å². The van der Waals surface area contributed by atoms with E-state index in [1.807, 2.05) is 0 Å².